The van der Waals surface area contributed by atoms with E-state index in [-0.39, 0.29) is 17.6 Å². The van der Waals surface area contributed by atoms with Gasteiger partial charge < -0.3 is 10.8 Å². The van der Waals surface area contributed by atoms with Gasteiger partial charge in [-0.3, -0.25) is 24.6 Å². The van der Waals surface area contributed by atoms with Crippen LogP contribution in [0.1, 0.15) is 47.8 Å². The lowest BCUT2D eigenvalue weighted by Gasteiger charge is -2.19. The highest BCUT2D eigenvalue weighted by Crippen LogP contribution is 2.29. The third kappa shape index (κ3) is 7.29. The first kappa shape index (κ1) is 31.4. The first-order valence-electron chi connectivity index (χ1n) is 15.5. The van der Waals surface area contributed by atoms with Crippen LogP contribution in [-0.2, 0) is 23.2 Å². The van der Waals surface area contributed by atoms with Crippen molar-refractivity contribution in [3.05, 3.63) is 138 Å². The Labute approximate surface area is 273 Å². The molecule has 236 valence electrons. The molecular formula is C39H37N5O3. The number of hydrogen-bond acceptors (Lipinski definition) is 6. The molecule has 4 aromatic carbocycles. The van der Waals surface area contributed by atoms with Gasteiger partial charge in [-0.05, 0) is 70.3 Å². The highest BCUT2D eigenvalue weighted by molar-refractivity contribution is 6.06. The number of hydrogen-bond donors (Lipinski definition) is 3. The zero-order valence-electron chi connectivity index (χ0n) is 26.6. The minimum Gasteiger partial charge on any atom is -0.508 e. The van der Waals surface area contributed by atoms with E-state index >= 15 is 0 Å². The average molecular weight is 624 g/mol. The molecule has 0 fully saturated rings. The maximum absolute atomic E-state index is 13.2. The van der Waals surface area contributed by atoms with Crippen molar-refractivity contribution >= 4 is 22.6 Å². The smallest absolute Gasteiger partial charge is 0.257 e. The number of pyridine rings is 1. The number of nitrogens with two attached hydrogens (primary N) is 1. The summed E-state index contributed by atoms with van der Waals surface area (Å²) in [6.07, 6.45) is 2.07. The molecule has 0 saturated heterocycles. The molecule has 8 heteroatoms. The standard InChI is InChI=1S/C39H37N5O3/c1-39(2,3)31-15-11-26(12-16-31)24-44-36(22-35(43-44)34-21-27-7-4-5-8-30(27)23-41-34)28-9-6-10-29(20-28)37(46)42-38(47)33(40)19-25-13-17-32(45)18-14-25/h4-18,20-23,33,45H,19,24,40H2,1-3H3,(H,42,46,47)/t33-/m0/s1. The fourth-order valence-corrected chi connectivity index (χ4v) is 5.48. The van der Waals surface area contributed by atoms with Crippen LogP contribution in [0.15, 0.2) is 115 Å². The number of aromatic hydroxyl groups is 1. The van der Waals surface area contributed by atoms with Crippen molar-refractivity contribution in [1.82, 2.24) is 20.1 Å². The molecule has 47 heavy (non-hydrogen) atoms. The van der Waals surface area contributed by atoms with Crippen molar-refractivity contribution in [2.75, 3.05) is 0 Å². The Morgan fingerprint density at radius 1 is 0.830 bits per heavy atom. The van der Waals surface area contributed by atoms with Gasteiger partial charge in [0, 0.05) is 22.7 Å². The van der Waals surface area contributed by atoms with E-state index in [1.165, 1.54) is 17.7 Å². The number of aromatic nitrogens is 3. The van der Waals surface area contributed by atoms with E-state index in [1.807, 2.05) is 47.3 Å². The summed E-state index contributed by atoms with van der Waals surface area (Å²) in [4.78, 5) is 30.7. The van der Waals surface area contributed by atoms with Crippen molar-refractivity contribution in [2.24, 2.45) is 5.73 Å². The van der Waals surface area contributed by atoms with Gasteiger partial charge in [-0.25, -0.2) is 0 Å². The molecule has 6 aromatic rings. The average Bonchev–Trinajstić information content (AvgIpc) is 3.49. The normalized spacial score (nSPS) is 12.2. The second-order valence-corrected chi connectivity index (χ2v) is 12.8. The highest BCUT2D eigenvalue weighted by atomic mass is 16.3. The quantitative estimate of drug-likeness (QED) is 0.175. The Balaban J connectivity index is 1.29. The Morgan fingerprint density at radius 2 is 1.53 bits per heavy atom. The Kier molecular flexibility index (Phi) is 8.70. The monoisotopic (exact) mass is 623 g/mol. The van der Waals surface area contributed by atoms with Gasteiger partial charge in [-0.15, -0.1) is 0 Å². The largest absolute Gasteiger partial charge is 0.508 e. The second-order valence-electron chi connectivity index (χ2n) is 12.8. The van der Waals surface area contributed by atoms with Crippen LogP contribution in [0.5, 0.6) is 5.75 Å². The van der Waals surface area contributed by atoms with E-state index in [2.05, 4.69) is 56.4 Å². The van der Waals surface area contributed by atoms with Gasteiger partial charge >= 0.3 is 0 Å². The summed E-state index contributed by atoms with van der Waals surface area (Å²) in [5.74, 6) is -0.998. The van der Waals surface area contributed by atoms with Crippen molar-refractivity contribution in [3.8, 4) is 28.4 Å². The molecule has 0 aliphatic rings. The molecule has 8 nitrogen and oxygen atoms in total. The molecule has 1 atom stereocenters. The molecule has 4 N–H and O–H groups in total. The summed E-state index contributed by atoms with van der Waals surface area (Å²) in [5, 5.41) is 19.1. The molecule has 2 aromatic heterocycles. The molecule has 0 aliphatic carbocycles. The first-order valence-corrected chi connectivity index (χ1v) is 15.5. The fraction of sp³-hybridized carbons (Fsp3) is 0.179. The number of nitrogens with zero attached hydrogens (tertiary/aromatic N) is 3. The third-order valence-electron chi connectivity index (χ3n) is 8.21. The zero-order valence-corrected chi connectivity index (χ0v) is 26.6. The van der Waals surface area contributed by atoms with Crippen molar-refractivity contribution in [1.29, 1.82) is 0 Å². The number of imide groups is 1. The van der Waals surface area contributed by atoms with E-state index in [9.17, 15) is 14.7 Å². The lowest BCUT2D eigenvalue weighted by molar-refractivity contribution is -0.121. The molecular weight excluding hydrogens is 586 g/mol. The molecule has 0 radical (unpaired) electrons. The minimum atomic E-state index is -0.935. The van der Waals surface area contributed by atoms with Crippen LogP contribution in [-0.4, -0.2) is 37.7 Å². The van der Waals surface area contributed by atoms with Gasteiger partial charge in [0.25, 0.3) is 5.91 Å². The van der Waals surface area contributed by atoms with Gasteiger partial charge in [0.2, 0.25) is 5.91 Å². The fourth-order valence-electron chi connectivity index (χ4n) is 5.48. The highest BCUT2D eigenvalue weighted by Gasteiger charge is 2.20. The van der Waals surface area contributed by atoms with Gasteiger partial charge in [0.15, 0.2) is 0 Å². The summed E-state index contributed by atoms with van der Waals surface area (Å²) < 4.78 is 1.92. The van der Waals surface area contributed by atoms with Crippen molar-refractivity contribution < 1.29 is 14.7 Å². The van der Waals surface area contributed by atoms with Gasteiger partial charge in [0.1, 0.15) is 11.4 Å². The lowest BCUT2D eigenvalue weighted by Crippen LogP contribution is -2.44. The van der Waals surface area contributed by atoms with Crippen LogP contribution < -0.4 is 11.1 Å². The number of carbonyl (C=O) groups excluding carboxylic acids is 2. The van der Waals surface area contributed by atoms with E-state index in [0.717, 1.165) is 38.9 Å². The van der Waals surface area contributed by atoms with Crippen molar-refractivity contribution in [3.63, 3.8) is 0 Å². The number of rotatable bonds is 8. The SMILES string of the molecule is CC(C)(C)c1ccc(Cn2nc(-c3cc4ccccc4cn3)cc2-c2cccc(C(=O)NC(=O)[C@@H](N)Cc3ccc(O)cc3)c2)cc1. The number of benzene rings is 4. The molecule has 6 rings (SSSR count). The first-order chi connectivity index (χ1) is 22.5. The van der Waals surface area contributed by atoms with Gasteiger partial charge in [0.05, 0.1) is 24.0 Å². The van der Waals surface area contributed by atoms with E-state index in [4.69, 9.17) is 15.8 Å². The lowest BCUT2D eigenvalue weighted by atomic mass is 9.87. The number of carbonyl (C=O) groups is 2. The third-order valence-corrected chi connectivity index (χ3v) is 8.21. The minimum absolute atomic E-state index is 0.0438. The maximum Gasteiger partial charge on any atom is 0.257 e. The Hall–Kier alpha value is -5.60. The van der Waals surface area contributed by atoms with Crippen LogP contribution >= 0.6 is 0 Å². The summed E-state index contributed by atoms with van der Waals surface area (Å²) in [6.45, 7) is 7.08. The van der Waals surface area contributed by atoms with E-state index in [0.29, 0.717) is 17.8 Å². The summed E-state index contributed by atoms with van der Waals surface area (Å²) in [7, 11) is 0. The molecule has 2 heterocycles. The van der Waals surface area contributed by atoms with Crippen LogP contribution in [0.3, 0.4) is 0 Å². The van der Waals surface area contributed by atoms with Crippen LogP contribution in [0.2, 0.25) is 0 Å². The van der Waals surface area contributed by atoms with Gasteiger partial charge in [-0.1, -0.05) is 93.6 Å². The Morgan fingerprint density at radius 3 is 2.26 bits per heavy atom. The number of phenols is 1. The van der Waals surface area contributed by atoms with E-state index in [1.54, 1.807) is 30.3 Å². The van der Waals surface area contributed by atoms with Gasteiger partial charge in [-0.2, -0.15) is 5.10 Å². The molecule has 0 unspecified atom stereocenters. The molecule has 0 bridgehead atoms. The summed E-state index contributed by atoms with van der Waals surface area (Å²) in [6, 6.07) is 33.3. The van der Waals surface area contributed by atoms with Crippen LogP contribution in [0, 0.1) is 0 Å². The molecule has 0 saturated carbocycles. The van der Waals surface area contributed by atoms with Crippen LogP contribution in [0.25, 0.3) is 33.4 Å². The number of amides is 2. The molecule has 2 amide bonds. The number of phenolic OH excluding ortho intramolecular Hbond substituents is 1. The second kappa shape index (κ2) is 13.0. The van der Waals surface area contributed by atoms with E-state index < -0.39 is 17.9 Å². The topological polar surface area (TPSA) is 123 Å². The number of nitrogens with one attached hydrogen (secondary N) is 1. The molecule has 0 spiro atoms. The molecule has 0 aliphatic heterocycles. The Bertz CT molecular complexity index is 2060. The zero-order chi connectivity index (χ0) is 33.1. The predicted molar refractivity (Wildman–Crippen MR) is 185 cm³/mol. The van der Waals surface area contributed by atoms with Crippen molar-refractivity contribution in [2.45, 2.75) is 45.2 Å². The maximum atomic E-state index is 13.2. The number of fused-ring (bicyclic) bond motifs is 1. The van der Waals surface area contributed by atoms with Crippen LogP contribution in [0.4, 0.5) is 0 Å². The summed E-state index contributed by atoms with van der Waals surface area (Å²) >= 11 is 0. The predicted octanol–water partition coefficient (Wildman–Crippen LogP) is 6.64. The summed E-state index contributed by atoms with van der Waals surface area (Å²) in [5.41, 5.74) is 12.6.